The lowest BCUT2D eigenvalue weighted by Gasteiger charge is -2.46. The monoisotopic (exact) mass is 740 g/mol. The minimum absolute atomic E-state index is 0.138. The second kappa shape index (κ2) is 15.0. The van der Waals surface area contributed by atoms with Gasteiger partial charge in [-0.15, -0.1) is 0 Å². The fourth-order valence-electron chi connectivity index (χ4n) is 6.20. The molecule has 3 saturated heterocycles. The summed E-state index contributed by atoms with van der Waals surface area (Å²) in [4.78, 5) is 14.0. The van der Waals surface area contributed by atoms with Gasteiger partial charge >= 0.3 is 0 Å². The molecule has 0 radical (unpaired) electrons. The summed E-state index contributed by atoms with van der Waals surface area (Å²) in [5.74, 6) is -2.27. The van der Waals surface area contributed by atoms with Crippen molar-refractivity contribution in [2.24, 2.45) is 0 Å². The summed E-state index contributed by atoms with van der Waals surface area (Å²) in [7, 11) is 0. The van der Waals surface area contributed by atoms with Gasteiger partial charge in [0.2, 0.25) is 17.5 Å². The normalized spacial score (nSPS) is 38.3. The van der Waals surface area contributed by atoms with Crippen LogP contribution in [0.5, 0.6) is 23.0 Å². The van der Waals surface area contributed by atoms with Gasteiger partial charge in [0, 0.05) is 17.7 Å². The van der Waals surface area contributed by atoms with E-state index in [2.05, 4.69) is 0 Å². The van der Waals surface area contributed by atoms with Crippen LogP contribution < -0.4 is 10.2 Å². The third-order valence-electron chi connectivity index (χ3n) is 9.26. The largest absolute Gasteiger partial charge is 0.508 e. The van der Waals surface area contributed by atoms with E-state index in [1.54, 1.807) is 0 Å². The highest BCUT2D eigenvalue weighted by molar-refractivity contribution is 5.88. The molecule has 3 aliphatic heterocycles. The maximum atomic E-state index is 14.0. The van der Waals surface area contributed by atoms with Crippen LogP contribution in [0.1, 0.15) is 13.8 Å². The minimum atomic E-state index is -2.00. The molecule has 3 aromatic rings. The van der Waals surface area contributed by atoms with Crippen LogP contribution in [-0.2, 0) is 23.7 Å². The molecule has 3 aliphatic rings. The van der Waals surface area contributed by atoms with Gasteiger partial charge in [-0.2, -0.15) is 0 Å². The third-order valence-corrected chi connectivity index (χ3v) is 9.26. The van der Waals surface area contributed by atoms with Crippen LogP contribution in [0.25, 0.3) is 22.3 Å². The maximum Gasteiger partial charge on any atom is 0.239 e. The second-order valence-electron chi connectivity index (χ2n) is 12.9. The maximum absolute atomic E-state index is 14.0. The van der Waals surface area contributed by atoms with Gasteiger partial charge in [-0.3, -0.25) is 4.79 Å². The standard InChI is InChI=1S/C33H40O19/c1-10-19(37)23(41)26(44)31(47-10)46-9-17-21(39)25(43)30(52-32-27(45)24(42)20(38)11(2)48-32)33(50-17)51-29-22(40)18-15(36)7-14(35)8-16(18)49-28(29)12-3-5-13(34)6-4-12/h3-8,10-11,17,19-21,23-27,30-39,41-45H,9H2,1-2H3/t10-,11-,17-,19-,20-,21-,23-,24+,25-,26+,27-,30-,31+,32-,33-/m0/s1. The average Bonchev–Trinajstić information content (AvgIpc) is 3.10. The van der Waals surface area contributed by atoms with E-state index in [4.69, 9.17) is 32.8 Å². The summed E-state index contributed by atoms with van der Waals surface area (Å²) in [6.45, 7) is 2.12. The van der Waals surface area contributed by atoms with E-state index >= 15 is 0 Å². The van der Waals surface area contributed by atoms with Crippen molar-refractivity contribution in [3.63, 3.8) is 0 Å². The van der Waals surface area contributed by atoms with Crippen LogP contribution in [0.15, 0.2) is 45.6 Å². The van der Waals surface area contributed by atoms with Gasteiger partial charge in [0.25, 0.3) is 0 Å². The predicted molar refractivity (Wildman–Crippen MR) is 170 cm³/mol. The lowest BCUT2D eigenvalue weighted by molar-refractivity contribution is -0.360. The van der Waals surface area contributed by atoms with Crippen LogP contribution in [0.4, 0.5) is 0 Å². The number of hydrogen-bond acceptors (Lipinski definition) is 19. The van der Waals surface area contributed by atoms with Crippen molar-refractivity contribution in [1.82, 2.24) is 0 Å². The van der Waals surface area contributed by atoms with Crippen LogP contribution in [0, 0.1) is 0 Å². The molecule has 286 valence electrons. The summed E-state index contributed by atoms with van der Waals surface area (Å²) in [6, 6.07) is 7.16. The zero-order valence-corrected chi connectivity index (χ0v) is 27.5. The van der Waals surface area contributed by atoms with E-state index in [0.717, 1.165) is 12.1 Å². The molecule has 6 rings (SSSR count). The number of phenols is 3. The number of phenolic OH excluding ortho intramolecular Hbond substituents is 3. The lowest BCUT2D eigenvalue weighted by atomic mass is 9.97. The lowest BCUT2D eigenvalue weighted by Crippen LogP contribution is -2.65. The van der Waals surface area contributed by atoms with E-state index in [9.17, 15) is 61.0 Å². The highest BCUT2D eigenvalue weighted by atomic mass is 16.8. The summed E-state index contributed by atoms with van der Waals surface area (Å²) >= 11 is 0. The Morgan fingerprint density at radius 3 is 1.88 bits per heavy atom. The van der Waals surface area contributed by atoms with Gasteiger partial charge < -0.3 is 89.0 Å². The summed E-state index contributed by atoms with van der Waals surface area (Å²) < 4.78 is 40.3. The molecule has 19 heteroatoms. The number of benzene rings is 2. The van der Waals surface area contributed by atoms with Crippen molar-refractivity contribution in [1.29, 1.82) is 0 Å². The minimum Gasteiger partial charge on any atom is -0.508 e. The summed E-state index contributed by atoms with van der Waals surface area (Å²) in [5.41, 5.74) is -1.15. The first-order valence-electron chi connectivity index (χ1n) is 16.2. The quantitative estimate of drug-likeness (QED) is 0.113. The van der Waals surface area contributed by atoms with E-state index in [0.29, 0.717) is 0 Å². The van der Waals surface area contributed by atoms with Crippen molar-refractivity contribution >= 4 is 11.0 Å². The highest BCUT2D eigenvalue weighted by Crippen LogP contribution is 2.38. The SMILES string of the molecule is C[C@@H]1O[C@@H](O[C@@H]2[C@H](Oc3c(-c4ccc(O)cc4)oc4cc(O)cc(O)c4c3=O)O[C@@H](CO[C@@H]3O[C@@H](C)[C@H](O)[C@H](O)[C@H]3O)[C@H](O)[C@@H]2O)[C@@H](O)[C@H](O)[C@H]1O. The van der Waals surface area contributed by atoms with E-state index in [1.165, 1.54) is 38.1 Å². The summed E-state index contributed by atoms with van der Waals surface area (Å²) in [6.07, 6.45) is -24.7. The van der Waals surface area contributed by atoms with Crippen molar-refractivity contribution in [2.45, 2.75) is 106 Å². The van der Waals surface area contributed by atoms with Crippen molar-refractivity contribution < 1.29 is 89.0 Å². The van der Waals surface area contributed by atoms with Crippen molar-refractivity contribution in [2.75, 3.05) is 6.61 Å². The Balaban J connectivity index is 1.38. The van der Waals surface area contributed by atoms with Gasteiger partial charge in [0.1, 0.15) is 83.2 Å². The molecule has 0 unspecified atom stereocenters. The molecule has 52 heavy (non-hydrogen) atoms. The zero-order chi connectivity index (χ0) is 37.8. The number of rotatable bonds is 8. The number of ether oxygens (including phenoxy) is 6. The van der Waals surface area contributed by atoms with Gasteiger partial charge in [0.15, 0.2) is 24.4 Å². The van der Waals surface area contributed by atoms with Crippen molar-refractivity contribution in [3.8, 4) is 34.3 Å². The van der Waals surface area contributed by atoms with Gasteiger partial charge in [-0.1, -0.05) is 0 Å². The van der Waals surface area contributed by atoms with Gasteiger partial charge in [-0.25, -0.2) is 0 Å². The first-order chi connectivity index (χ1) is 24.6. The Labute approximate surface area is 293 Å². The highest BCUT2D eigenvalue weighted by Gasteiger charge is 2.52. The molecular formula is C33H40O19. The molecule has 4 heterocycles. The van der Waals surface area contributed by atoms with Crippen LogP contribution in [-0.4, -0.2) is 155 Å². The molecule has 0 bridgehead atoms. The Kier molecular flexibility index (Phi) is 11.0. The Bertz CT molecular complexity index is 1760. The molecule has 3 fully saturated rings. The third kappa shape index (κ3) is 7.16. The molecule has 19 nitrogen and oxygen atoms in total. The molecule has 0 spiro atoms. The molecular weight excluding hydrogens is 700 g/mol. The Morgan fingerprint density at radius 1 is 0.654 bits per heavy atom. The van der Waals surface area contributed by atoms with E-state index < -0.39 is 127 Å². The van der Waals surface area contributed by atoms with Crippen LogP contribution in [0.2, 0.25) is 0 Å². The molecule has 1 aromatic heterocycles. The van der Waals surface area contributed by atoms with Gasteiger partial charge in [0.05, 0.1) is 18.8 Å². The average molecular weight is 741 g/mol. The molecule has 2 aromatic carbocycles. The molecule has 0 amide bonds. The first kappa shape index (κ1) is 38.1. The van der Waals surface area contributed by atoms with Crippen LogP contribution >= 0.6 is 0 Å². The molecule has 11 N–H and O–H groups in total. The first-order valence-corrected chi connectivity index (χ1v) is 16.2. The zero-order valence-electron chi connectivity index (χ0n) is 27.5. The molecule has 15 atom stereocenters. The fraction of sp³-hybridized carbons (Fsp3) is 0.545. The number of aliphatic hydroxyl groups is 8. The molecule has 0 saturated carbocycles. The summed E-state index contributed by atoms with van der Waals surface area (Å²) in [5, 5.41) is 115. The Morgan fingerprint density at radius 2 is 1.25 bits per heavy atom. The van der Waals surface area contributed by atoms with Crippen molar-refractivity contribution in [3.05, 3.63) is 46.6 Å². The van der Waals surface area contributed by atoms with Gasteiger partial charge in [-0.05, 0) is 38.1 Å². The van der Waals surface area contributed by atoms with Crippen LogP contribution in [0.3, 0.4) is 0 Å². The smallest absolute Gasteiger partial charge is 0.239 e. The second-order valence-corrected chi connectivity index (χ2v) is 12.9. The van der Waals surface area contributed by atoms with E-state index in [-0.39, 0.29) is 22.7 Å². The number of hydrogen-bond donors (Lipinski definition) is 11. The van der Waals surface area contributed by atoms with E-state index in [1.807, 2.05) is 0 Å². The number of fused-ring (bicyclic) bond motifs is 1. The number of aromatic hydroxyl groups is 3. The topological polar surface area (TPSA) is 308 Å². The number of aliphatic hydroxyl groups excluding tert-OH is 8. The predicted octanol–water partition coefficient (Wildman–Crippen LogP) is -2.54. The molecule has 0 aliphatic carbocycles. The fourth-order valence-corrected chi connectivity index (χ4v) is 6.20. The Hall–Kier alpha value is -3.67.